The molecular formula is C35H43F3N4O4S. The third-order valence-electron chi connectivity index (χ3n) is 10.1. The van der Waals surface area contributed by atoms with E-state index >= 15 is 0 Å². The first-order valence-electron chi connectivity index (χ1n) is 16.3. The van der Waals surface area contributed by atoms with Gasteiger partial charge in [-0.05, 0) is 99.7 Å². The largest absolute Gasteiger partial charge is 0.495 e. The topological polar surface area (TPSA) is 84.8 Å². The third-order valence-corrected chi connectivity index (χ3v) is 11.2. The van der Waals surface area contributed by atoms with E-state index in [1.54, 1.807) is 24.3 Å². The SMILES string of the molecule is COc1cc(S(C)(=O)=O)ccc1NCC#Cc1cc2c(N[C@H]3CC[C@H](N4CCC5(CCOC5)CC4)CC3)cccc2n1CC(F)(F)F. The summed E-state index contributed by atoms with van der Waals surface area (Å²) in [5.41, 5.74) is 2.50. The minimum Gasteiger partial charge on any atom is -0.495 e. The summed E-state index contributed by atoms with van der Waals surface area (Å²) in [7, 11) is -1.98. The Morgan fingerprint density at radius 3 is 2.47 bits per heavy atom. The molecule has 254 valence electrons. The number of hydrogen-bond donors (Lipinski definition) is 2. The molecule has 3 aromatic rings. The number of nitrogens with zero attached hydrogens (tertiary/aromatic N) is 2. The van der Waals surface area contributed by atoms with E-state index in [1.165, 1.54) is 43.1 Å². The number of benzene rings is 2. The lowest BCUT2D eigenvalue weighted by Crippen LogP contribution is -2.47. The maximum absolute atomic E-state index is 13.7. The average Bonchev–Trinajstić information content (AvgIpc) is 3.63. The predicted molar refractivity (Wildman–Crippen MR) is 178 cm³/mol. The monoisotopic (exact) mass is 672 g/mol. The van der Waals surface area contributed by atoms with Crippen LogP contribution in [0.25, 0.3) is 10.9 Å². The molecule has 1 aliphatic carbocycles. The molecule has 3 aliphatic rings. The van der Waals surface area contributed by atoms with Gasteiger partial charge in [0.25, 0.3) is 0 Å². The Bertz CT molecular complexity index is 1740. The molecule has 12 heteroatoms. The zero-order chi connectivity index (χ0) is 33.2. The highest BCUT2D eigenvalue weighted by molar-refractivity contribution is 7.90. The van der Waals surface area contributed by atoms with Gasteiger partial charge in [-0.15, -0.1) is 0 Å². The van der Waals surface area contributed by atoms with Crippen LogP contribution < -0.4 is 15.4 Å². The molecule has 2 N–H and O–H groups in total. The van der Waals surface area contributed by atoms with Crippen molar-refractivity contribution in [3.8, 4) is 17.6 Å². The summed E-state index contributed by atoms with van der Waals surface area (Å²) in [5.74, 6) is 6.19. The van der Waals surface area contributed by atoms with Crippen LogP contribution in [0.4, 0.5) is 24.5 Å². The first-order valence-corrected chi connectivity index (χ1v) is 18.2. The molecule has 6 rings (SSSR count). The zero-order valence-corrected chi connectivity index (χ0v) is 27.8. The van der Waals surface area contributed by atoms with Gasteiger partial charge in [0.05, 0.1) is 42.1 Å². The van der Waals surface area contributed by atoms with Crippen molar-refractivity contribution in [2.45, 2.75) is 74.6 Å². The van der Waals surface area contributed by atoms with E-state index in [0.717, 1.165) is 63.9 Å². The minimum absolute atomic E-state index is 0.113. The van der Waals surface area contributed by atoms with Crippen molar-refractivity contribution in [1.29, 1.82) is 0 Å². The fourth-order valence-electron chi connectivity index (χ4n) is 7.40. The molecule has 2 saturated heterocycles. The summed E-state index contributed by atoms with van der Waals surface area (Å²) >= 11 is 0. The molecule has 0 radical (unpaired) electrons. The van der Waals surface area contributed by atoms with E-state index in [2.05, 4.69) is 27.4 Å². The van der Waals surface area contributed by atoms with Crippen molar-refractivity contribution in [2.24, 2.45) is 5.41 Å². The molecule has 0 unspecified atom stereocenters. The number of nitrogens with one attached hydrogen (secondary N) is 2. The number of piperidine rings is 1. The quantitative estimate of drug-likeness (QED) is 0.272. The van der Waals surface area contributed by atoms with Crippen molar-refractivity contribution in [3.63, 3.8) is 0 Å². The van der Waals surface area contributed by atoms with Crippen molar-refractivity contribution < 1.29 is 31.1 Å². The zero-order valence-electron chi connectivity index (χ0n) is 27.0. The summed E-state index contributed by atoms with van der Waals surface area (Å²) in [6.45, 7) is 3.06. The number of anilines is 2. The van der Waals surface area contributed by atoms with Gasteiger partial charge in [0, 0.05) is 42.1 Å². The van der Waals surface area contributed by atoms with Gasteiger partial charge in [-0.1, -0.05) is 12.0 Å². The second-order valence-corrected chi connectivity index (χ2v) is 15.3. The van der Waals surface area contributed by atoms with Crippen LogP contribution in [0.1, 0.15) is 50.6 Å². The van der Waals surface area contributed by atoms with Crippen LogP contribution in [0.15, 0.2) is 47.4 Å². The number of halogens is 3. The van der Waals surface area contributed by atoms with Crippen LogP contribution in [-0.2, 0) is 21.1 Å². The van der Waals surface area contributed by atoms with E-state index in [-0.39, 0.29) is 23.2 Å². The van der Waals surface area contributed by atoms with Gasteiger partial charge in [-0.2, -0.15) is 13.2 Å². The fraction of sp³-hybridized carbons (Fsp3) is 0.543. The Morgan fingerprint density at radius 1 is 1.04 bits per heavy atom. The van der Waals surface area contributed by atoms with E-state index in [1.807, 2.05) is 6.07 Å². The first kappa shape index (κ1) is 33.5. The van der Waals surface area contributed by atoms with Crippen LogP contribution >= 0.6 is 0 Å². The molecule has 1 spiro atoms. The molecule has 0 amide bonds. The van der Waals surface area contributed by atoms with Crippen LogP contribution in [-0.4, -0.2) is 82.4 Å². The lowest BCUT2D eigenvalue weighted by molar-refractivity contribution is -0.140. The lowest BCUT2D eigenvalue weighted by Gasteiger charge is -2.44. The summed E-state index contributed by atoms with van der Waals surface area (Å²) in [4.78, 5) is 2.79. The number of ether oxygens (including phenoxy) is 2. The molecule has 47 heavy (non-hydrogen) atoms. The summed E-state index contributed by atoms with van der Waals surface area (Å²) in [5, 5.41) is 7.45. The smallest absolute Gasteiger partial charge is 0.406 e. The number of aromatic nitrogens is 1. The maximum Gasteiger partial charge on any atom is 0.406 e. The van der Waals surface area contributed by atoms with Crippen molar-refractivity contribution in [2.75, 3.05) is 56.8 Å². The van der Waals surface area contributed by atoms with Crippen LogP contribution in [0.5, 0.6) is 5.75 Å². The Labute approximate surface area is 274 Å². The highest BCUT2D eigenvalue weighted by Crippen LogP contribution is 2.41. The molecule has 0 bridgehead atoms. The minimum atomic E-state index is -4.42. The summed E-state index contributed by atoms with van der Waals surface area (Å²) in [6, 6.07) is 12.5. The standard InChI is InChI=1S/C35H43F3N4O4S/c1-45-33-22-28(47(2,43)44)12-13-31(33)39-17-4-5-27-21-29-30(6-3-7-32(29)42(27)23-35(36,37)38)40-25-8-10-26(11-9-25)41-18-14-34(15-19-41)16-20-46-24-34/h3,6-7,12-13,21-22,25-26,39-40H,8-11,14-20,23-24H2,1-2H3/t25-,26-. The second kappa shape index (κ2) is 13.6. The van der Waals surface area contributed by atoms with E-state index in [4.69, 9.17) is 9.47 Å². The number of rotatable bonds is 8. The lowest BCUT2D eigenvalue weighted by atomic mass is 9.77. The van der Waals surface area contributed by atoms with Crippen molar-refractivity contribution >= 4 is 32.1 Å². The van der Waals surface area contributed by atoms with Crippen molar-refractivity contribution in [1.82, 2.24) is 9.47 Å². The van der Waals surface area contributed by atoms with Gasteiger partial charge in [-0.25, -0.2) is 8.42 Å². The Morgan fingerprint density at radius 2 is 1.81 bits per heavy atom. The van der Waals surface area contributed by atoms with Gasteiger partial charge < -0.3 is 29.6 Å². The molecule has 3 fully saturated rings. The molecule has 2 aromatic carbocycles. The Hall–Kier alpha value is -3.40. The molecule has 1 aromatic heterocycles. The maximum atomic E-state index is 13.7. The number of hydrogen-bond acceptors (Lipinski definition) is 7. The predicted octanol–water partition coefficient (Wildman–Crippen LogP) is 6.30. The molecule has 8 nitrogen and oxygen atoms in total. The molecular weight excluding hydrogens is 629 g/mol. The summed E-state index contributed by atoms with van der Waals surface area (Å²) in [6.07, 6.45) is 4.57. The number of alkyl halides is 3. The number of likely N-dealkylation sites (tertiary alicyclic amines) is 1. The van der Waals surface area contributed by atoms with Gasteiger partial charge in [-0.3, -0.25) is 0 Å². The fourth-order valence-corrected chi connectivity index (χ4v) is 8.03. The summed E-state index contributed by atoms with van der Waals surface area (Å²) < 4.78 is 77.2. The van der Waals surface area contributed by atoms with Crippen molar-refractivity contribution in [3.05, 3.63) is 48.2 Å². The first-order chi connectivity index (χ1) is 22.4. The second-order valence-electron chi connectivity index (χ2n) is 13.2. The number of methoxy groups -OCH3 is 1. The Kier molecular flexibility index (Phi) is 9.70. The van der Waals surface area contributed by atoms with Gasteiger partial charge in [0.15, 0.2) is 9.84 Å². The number of sulfone groups is 1. The highest BCUT2D eigenvalue weighted by Gasteiger charge is 2.40. The van der Waals surface area contributed by atoms with E-state index < -0.39 is 22.6 Å². The van der Waals surface area contributed by atoms with Gasteiger partial charge >= 0.3 is 6.18 Å². The molecule has 0 atom stereocenters. The van der Waals surface area contributed by atoms with E-state index in [0.29, 0.717) is 33.8 Å². The number of fused-ring (bicyclic) bond motifs is 1. The highest BCUT2D eigenvalue weighted by atomic mass is 32.2. The molecule has 1 saturated carbocycles. The molecule has 3 heterocycles. The average molecular weight is 673 g/mol. The van der Waals surface area contributed by atoms with Gasteiger partial charge in [0.1, 0.15) is 12.3 Å². The van der Waals surface area contributed by atoms with Gasteiger partial charge in [0.2, 0.25) is 0 Å². The van der Waals surface area contributed by atoms with Crippen LogP contribution in [0, 0.1) is 17.3 Å². The normalized spacial score (nSPS) is 21.8. The van der Waals surface area contributed by atoms with E-state index in [9.17, 15) is 21.6 Å². The molecule has 2 aliphatic heterocycles. The van der Waals surface area contributed by atoms with Crippen LogP contribution in [0.2, 0.25) is 0 Å². The third kappa shape index (κ3) is 7.85. The van der Waals surface area contributed by atoms with Crippen LogP contribution in [0.3, 0.4) is 0 Å². The Balaban J connectivity index is 1.13.